The molecule has 3 amide bonds. The molecule has 0 spiro atoms. The molecule has 33 heavy (non-hydrogen) atoms. The van der Waals surface area contributed by atoms with E-state index in [1.165, 1.54) is 12.5 Å². The zero-order valence-corrected chi connectivity index (χ0v) is 18.9. The fraction of sp³-hybridized carbons (Fsp3) is 0.222. The Morgan fingerprint density at radius 1 is 0.879 bits per heavy atom. The van der Waals surface area contributed by atoms with Crippen LogP contribution in [0.15, 0.2) is 72.8 Å². The predicted octanol–water partition coefficient (Wildman–Crippen LogP) is 5.28. The molecule has 1 aliphatic heterocycles. The zero-order chi connectivity index (χ0) is 23.4. The van der Waals surface area contributed by atoms with Crippen LogP contribution in [-0.4, -0.2) is 35.7 Å². The van der Waals surface area contributed by atoms with Crippen LogP contribution in [0.3, 0.4) is 0 Å². The lowest BCUT2D eigenvalue weighted by Crippen LogP contribution is -2.49. The van der Waals surface area contributed by atoms with E-state index in [9.17, 15) is 14.4 Å². The van der Waals surface area contributed by atoms with E-state index in [4.69, 9.17) is 0 Å². The third-order valence-corrected chi connectivity index (χ3v) is 5.92. The number of carbonyl (C=O) groups excluding carboxylic acids is 3. The highest BCUT2D eigenvalue weighted by Gasteiger charge is 2.27. The Labute approximate surface area is 193 Å². The molecular formula is C27H27N3O3. The van der Waals surface area contributed by atoms with E-state index in [0.29, 0.717) is 29.9 Å². The van der Waals surface area contributed by atoms with Crippen LogP contribution in [0.1, 0.15) is 45.2 Å². The van der Waals surface area contributed by atoms with Crippen LogP contribution >= 0.6 is 0 Å². The van der Waals surface area contributed by atoms with Gasteiger partial charge in [-0.3, -0.25) is 14.5 Å². The van der Waals surface area contributed by atoms with E-state index in [1.807, 2.05) is 29.2 Å². The van der Waals surface area contributed by atoms with E-state index in [2.05, 4.69) is 24.4 Å². The first kappa shape index (κ1) is 22.3. The largest absolute Gasteiger partial charge is 0.324 e. The van der Waals surface area contributed by atoms with Gasteiger partial charge < -0.3 is 10.2 Å². The highest BCUT2D eigenvalue weighted by molar-refractivity contribution is 6.05. The first-order valence-electron chi connectivity index (χ1n) is 11.1. The maximum atomic E-state index is 13.1. The van der Waals surface area contributed by atoms with Crippen molar-refractivity contribution in [1.82, 2.24) is 4.90 Å². The molecule has 0 aliphatic carbocycles. The van der Waals surface area contributed by atoms with Crippen LogP contribution in [0.2, 0.25) is 0 Å². The van der Waals surface area contributed by atoms with Crippen LogP contribution < -0.4 is 10.2 Å². The van der Waals surface area contributed by atoms with Crippen molar-refractivity contribution >= 4 is 29.1 Å². The minimum atomic E-state index is -0.247. The molecule has 0 radical (unpaired) electrons. The lowest BCUT2D eigenvalue weighted by Gasteiger charge is -2.36. The SMILES string of the molecule is CC(=O)c1ccc(NC(=O)c2ccc(N3CCCN(Cc4ccccc4C)C3=O)cc2)cc1. The number of anilines is 2. The molecule has 1 heterocycles. The Bertz CT molecular complexity index is 1170. The van der Waals surface area contributed by atoms with Gasteiger partial charge in [0.2, 0.25) is 0 Å². The number of nitrogens with one attached hydrogen (secondary N) is 1. The van der Waals surface area contributed by atoms with E-state index in [1.54, 1.807) is 41.3 Å². The maximum Gasteiger partial charge on any atom is 0.324 e. The summed E-state index contributed by atoms with van der Waals surface area (Å²) in [6.07, 6.45) is 0.885. The van der Waals surface area contributed by atoms with E-state index < -0.39 is 0 Å². The normalized spacial score (nSPS) is 13.7. The molecule has 4 rings (SSSR count). The van der Waals surface area contributed by atoms with Crippen molar-refractivity contribution in [3.8, 4) is 0 Å². The summed E-state index contributed by atoms with van der Waals surface area (Å²) < 4.78 is 0. The molecule has 6 nitrogen and oxygen atoms in total. The second-order valence-electron chi connectivity index (χ2n) is 8.27. The van der Waals surface area contributed by atoms with E-state index >= 15 is 0 Å². The van der Waals surface area contributed by atoms with Crippen LogP contribution in [-0.2, 0) is 6.54 Å². The van der Waals surface area contributed by atoms with Gasteiger partial charge in [-0.25, -0.2) is 4.79 Å². The highest BCUT2D eigenvalue weighted by atomic mass is 16.2. The summed E-state index contributed by atoms with van der Waals surface area (Å²) in [7, 11) is 0. The van der Waals surface area contributed by atoms with Crippen molar-refractivity contribution < 1.29 is 14.4 Å². The average molecular weight is 442 g/mol. The molecule has 3 aromatic carbocycles. The van der Waals surface area contributed by atoms with Crippen molar-refractivity contribution in [2.45, 2.75) is 26.8 Å². The zero-order valence-electron chi connectivity index (χ0n) is 18.9. The predicted molar refractivity (Wildman–Crippen MR) is 130 cm³/mol. The Morgan fingerprint density at radius 3 is 2.21 bits per heavy atom. The van der Waals surface area contributed by atoms with Gasteiger partial charge in [-0.2, -0.15) is 0 Å². The minimum Gasteiger partial charge on any atom is -0.322 e. The standard InChI is InChI=1S/C27H27N3O3/c1-19-6-3-4-7-23(19)18-29-16-5-17-30(27(29)33)25-14-10-22(11-15-25)26(32)28-24-12-8-21(9-13-24)20(2)31/h3-4,6-15H,5,16-18H2,1-2H3,(H,28,32). The Balaban J connectivity index is 1.42. The van der Waals surface area contributed by atoms with Crippen molar-refractivity contribution in [3.63, 3.8) is 0 Å². The number of rotatable bonds is 6. The van der Waals surface area contributed by atoms with Gasteiger partial charge in [0.25, 0.3) is 5.91 Å². The van der Waals surface area contributed by atoms with Crippen LogP contribution in [0.25, 0.3) is 0 Å². The van der Waals surface area contributed by atoms with Gasteiger partial charge >= 0.3 is 6.03 Å². The van der Waals surface area contributed by atoms with Crippen molar-refractivity contribution in [2.24, 2.45) is 0 Å². The highest BCUT2D eigenvalue weighted by Crippen LogP contribution is 2.23. The molecule has 0 atom stereocenters. The number of urea groups is 1. The minimum absolute atomic E-state index is 0.0202. The number of amides is 3. The van der Waals surface area contributed by atoms with E-state index in [0.717, 1.165) is 24.2 Å². The topological polar surface area (TPSA) is 69.7 Å². The fourth-order valence-electron chi connectivity index (χ4n) is 3.95. The quantitative estimate of drug-likeness (QED) is 0.529. The number of nitrogens with zero attached hydrogens (tertiary/aromatic N) is 2. The monoisotopic (exact) mass is 441 g/mol. The van der Waals surface area contributed by atoms with Gasteiger partial charge in [-0.15, -0.1) is 0 Å². The Kier molecular flexibility index (Phi) is 6.54. The summed E-state index contributed by atoms with van der Waals surface area (Å²) in [5, 5.41) is 2.83. The molecule has 0 saturated carbocycles. The van der Waals surface area contributed by atoms with Gasteiger partial charge in [-0.1, -0.05) is 24.3 Å². The number of carbonyl (C=O) groups is 3. The van der Waals surface area contributed by atoms with Gasteiger partial charge in [0.05, 0.1) is 0 Å². The first-order valence-corrected chi connectivity index (χ1v) is 11.1. The number of aryl methyl sites for hydroxylation is 1. The summed E-state index contributed by atoms with van der Waals surface area (Å²) in [6.45, 7) is 5.53. The van der Waals surface area contributed by atoms with Crippen LogP contribution in [0, 0.1) is 6.92 Å². The van der Waals surface area contributed by atoms with Gasteiger partial charge in [-0.05, 0) is 79.9 Å². The molecule has 3 aromatic rings. The summed E-state index contributed by atoms with van der Waals surface area (Å²) in [4.78, 5) is 40.8. The summed E-state index contributed by atoms with van der Waals surface area (Å²) >= 11 is 0. The molecule has 1 aliphatic rings. The summed E-state index contributed by atoms with van der Waals surface area (Å²) in [5.74, 6) is -0.267. The molecule has 6 heteroatoms. The number of Topliss-reactive ketones (excluding diaryl/α,β-unsaturated/α-hetero) is 1. The van der Waals surface area contributed by atoms with Crippen molar-refractivity contribution in [3.05, 3.63) is 95.1 Å². The maximum absolute atomic E-state index is 13.1. The first-order chi connectivity index (χ1) is 15.9. The third-order valence-electron chi connectivity index (χ3n) is 5.92. The number of hydrogen-bond acceptors (Lipinski definition) is 3. The molecule has 0 bridgehead atoms. The Morgan fingerprint density at radius 2 is 1.55 bits per heavy atom. The van der Waals surface area contributed by atoms with Gasteiger partial charge in [0.1, 0.15) is 0 Å². The molecule has 1 saturated heterocycles. The lowest BCUT2D eigenvalue weighted by atomic mass is 10.1. The average Bonchev–Trinajstić information content (AvgIpc) is 2.82. The summed E-state index contributed by atoms with van der Waals surface area (Å²) in [5.41, 5.74) is 4.81. The summed E-state index contributed by atoms with van der Waals surface area (Å²) in [6, 6.07) is 21.9. The van der Waals surface area contributed by atoms with E-state index in [-0.39, 0.29) is 17.7 Å². The van der Waals surface area contributed by atoms with Crippen LogP contribution in [0.4, 0.5) is 16.2 Å². The van der Waals surface area contributed by atoms with Crippen molar-refractivity contribution in [1.29, 1.82) is 0 Å². The van der Waals surface area contributed by atoms with Gasteiger partial charge in [0, 0.05) is 42.1 Å². The lowest BCUT2D eigenvalue weighted by molar-refractivity contribution is 0.101. The van der Waals surface area contributed by atoms with Crippen LogP contribution in [0.5, 0.6) is 0 Å². The van der Waals surface area contributed by atoms with Crippen molar-refractivity contribution in [2.75, 3.05) is 23.3 Å². The number of hydrogen-bond donors (Lipinski definition) is 1. The number of ketones is 1. The fourth-order valence-corrected chi connectivity index (χ4v) is 3.95. The number of benzene rings is 3. The molecule has 168 valence electrons. The molecule has 0 aromatic heterocycles. The second-order valence-corrected chi connectivity index (χ2v) is 8.27. The molecular weight excluding hydrogens is 414 g/mol. The molecule has 1 N–H and O–H groups in total. The smallest absolute Gasteiger partial charge is 0.322 e. The third kappa shape index (κ3) is 5.12. The second kappa shape index (κ2) is 9.69. The Hall–Kier alpha value is -3.93. The molecule has 0 unspecified atom stereocenters. The van der Waals surface area contributed by atoms with Gasteiger partial charge in [0.15, 0.2) is 5.78 Å². The molecule has 1 fully saturated rings.